The number of imidazole rings is 1. The van der Waals surface area contributed by atoms with E-state index in [4.69, 9.17) is 10.00 Å². The monoisotopic (exact) mass is 267 g/mol. The van der Waals surface area contributed by atoms with Gasteiger partial charge in [0.1, 0.15) is 18.2 Å². The summed E-state index contributed by atoms with van der Waals surface area (Å²) in [5.74, 6) is -0.654. The molecular weight excluding hydrogens is 254 g/mol. The van der Waals surface area contributed by atoms with Crippen molar-refractivity contribution in [3.63, 3.8) is 0 Å². The maximum atomic E-state index is 11.8. The lowest BCUT2D eigenvalue weighted by Gasteiger charge is -2.03. The molecule has 0 saturated heterocycles. The molecule has 1 aromatic heterocycles. The lowest BCUT2D eigenvalue weighted by molar-refractivity contribution is -0.139. The van der Waals surface area contributed by atoms with Gasteiger partial charge in [-0.2, -0.15) is 5.26 Å². The van der Waals surface area contributed by atoms with Crippen LogP contribution in [0.1, 0.15) is 17.0 Å². The second-order valence-electron chi connectivity index (χ2n) is 4.14. The summed E-state index contributed by atoms with van der Waals surface area (Å²) in [6.45, 7) is 1.95. The van der Waals surface area contributed by atoms with E-state index in [9.17, 15) is 4.79 Å². The number of carbonyl (C=O) groups excluding carboxylic acids is 1. The first kappa shape index (κ1) is 13.6. The van der Waals surface area contributed by atoms with E-state index in [1.165, 1.54) is 12.4 Å². The first-order valence-corrected chi connectivity index (χ1v) is 6.03. The van der Waals surface area contributed by atoms with Gasteiger partial charge >= 0.3 is 5.97 Å². The minimum atomic E-state index is -0.654. The van der Waals surface area contributed by atoms with Crippen LogP contribution in [0.3, 0.4) is 0 Å². The number of esters is 1. The summed E-state index contributed by atoms with van der Waals surface area (Å²) < 4.78 is 5.10. The highest BCUT2D eigenvalue weighted by Gasteiger charge is 2.12. The fourth-order valence-corrected chi connectivity index (χ4v) is 1.59. The van der Waals surface area contributed by atoms with E-state index in [2.05, 4.69) is 9.97 Å². The van der Waals surface area contributed by atoms with Crippen molar-refractivity contribution >= 4 is 12.0 Å². The maximum absolute atomic E-state index is 11.8. The van der Waals surface area contributed by atoms with E-state index < -0.39 is 5.97 Å². The van der Waals surface area contributed by atoms with Crippen LogP contribution in [0.15, 0.2) is 42.2 Å². The third-order valence-electron chi connectivity index (χ3n) is 2.70. The number of benzene rings is 1. The van der Waals surface area contributed by atoms with Crippen molar-refractivity contribution in [3.05, 3.63) is 59.2 Å². The molecule has 0 fully saturated rings. The maximum Gasteiger partial charge on any atom is 0.349 e. The Balaban J connectivity index is 2.05. The van der Waals surface area contributed by atoms with Crippen molar-refractivity contribution in [2.75, 3.05) is 0 Å². The summed E-state index contributed by atoms with van der Waals surface area (Å²) in [5, 5.41) is 9.03. The van der Waals surface area contributed by atoms with Crippen LogP contribution in [0.2, 0.25) is 0 Å². The number of nitrogens with zero attached hydrogens (tertiary/aromatic N) is 2. The smallest absolute Gasteiger partial charge is 0.349 e. The van der Waals surface area contributed by atoms with Crippen LogP contribution in [0.4, 0.5) is 0 Å². The van der Waals surface area contributed by atoms with Crippen molar-refractivity contribution in [1.82, 2.24) is 9.97 Å². The van der Waals surface area contributed by atoms with Gasteiger partial charge in [0.15, 0.2) is 0 Å². The SMILES string of the molecule is Cc1[nH]cnc1/C=C(\C#N)C(=O)OCc1ccccc1. The number of rotatable bonds is 4. The Kier molecular flexibility index (Phi) is 4.30. The molecule has 2 rings (SSSR count). The summed E-state index contributed by atoms with van der Waals surface area (Å²) in [7, 11) is 0. The third kappa shape index (κ3) is 3.33. The molecule has 0 unspecified atom stereocenters. The molecule has 0 atom stereocenters. The van der Waals surface area contributed by atoms with E-state index in [0.717, 1.165) is 11.3 Å². The zero-order chi connectivity index (χ0) is 14.4. The van der Waals surface area contributed by atoms with Gasteiger partial charge in [0.05, 0.1) is 12.0 Å². The Labute approximate surface area is 116 Å². The Hall–Kier alpha value is -2.87. The zero-order valence-corrected chi connectivity index (χ0v) is 11.0. The molecule has 0 aliphatic heterocycles. The highest BCUT2D eigenvalue weighted by Crippen LogP contribution is 2.10. The highest BCUT2D eigenvalue weighted by molar-refractivity contribution is 5.97. The zero-order valence-electron chi connectivity index (χ0n) is 11.0. The molecule has 5 nitrogen and oxygen atoms in total. The molecule has 0 radical (unpaired) electrons. The molecule has 5 heteroatoms. The largest absolute Gasteiger partial charge is 0.457 e. The van der Waals surface area contributed by atoms with Crippen LogP contribution in [-0.2, 0) is 16.1 Å². The van der Waals surface area contributed by atoms with Gasteiger partial charge < -0.3 is 9.72 Å². The number of nitriles is 1. The molecule has 1 N–H and O–H groups in total. The predicted octanol–water partition coefficient (Wildman–Crippen LogP) is 2.37. The number of aromatic amines is 1. The number of ether oxygens (including phenoxy) is 1. The average Bonchev–Trinajstić information content (AvgIpc) is 2.88. The number of hydrogen-bond acceptors (Lipinski definition) is 4. The highest BCUT2D eigenvalue weighted by atomic mass is 16.5. The number of nitrogens with one attached hydrogen (secondary N) is 1. The summed E-state index contributed by atoms with van der Waals surface area (Å²) in [4.78, 5) is 18.7. The third-order valence-corrected chi connectivity index (χ3v) is 2.70. The Morgan fingerprint density at radius 2 is 2.20 bits per heavy atom. The topological polar surface area (TPSA) is 78.8 Å². The molecule has 0 aliphatic carbocycles. The van der Waals surface area contributed by atoms with Gasteiger partial charge in [0.2, 0.25) is 0 Å². The average molecular weight is 267 g/mol. The molecule has 0 saturated carbocycles. The van der Waals surface area contributed by atoms with Crippen molar-refractivity contribution in [2.24, 2.45) is 0 Å². The molecule has 2 aromatic rings. The lowest BCUT2D eigenvalue weighted by atomic mass is 10.2. The van der Waals surface area contributed by atoms with Crippen molar-refractivity contribution in [2.45, 2.75) is 13.5 Å². The van der Waals surface area contributed by atoms with E-state index >= 15 is 0 Å². The van der Waals surface area contributed by atoms with Gasteiger partial charge in [-0.15, -0.1) is 0 Å². The molecule has 0 amide bonds. The number of carbonyl (C=O) groups is 1. The number of aromatic nitrogens is 2. The number of H-pyrrole nitrogens is 1. The van der Waals surface area contributed by atoms with Gasteiger partial charge in [0, 0.05) is 5.69 Å². The predicted molar refractivity (Wildman–Crippen MR) is 73.2 cm³/mol. The van der Waals surface area contributed by atoms with E-state index in [1.807, 2.05) is 43.3 Å². The van der Waals surface area contributed by atoms with Crippen LogP contribution in [0.25, 0.3) is 6.08 Å². The van der Waals surface area contributed by atoms with E-state index in [0.29, 0.717) is 5.69 Å². The van der Waals surface area contributed by atoms with Crippen LogP contribution >= 0.6 is 0 Å². The quantitative estimate of drug-likeness (QED) is 0.524. The molecule has 20 heavy (non-hydrogen) atoms. The Morgan fingerprint density at radius 3 is 2.80 bits per heavy atom. The molecule has 1 aromatic carbocycles. The normalized spacial score (nSPS) is 10.9. The van der Waals surface area contributed by atoms with E-state index in [-0.39, 0.29) is 12.2 Å². The molecular formula is C15H13N3O2. The molecule has 100 valence electrons. The first-order valence-electron chi connectivity index (χ1n) is 6.03. The second kappa shape index (κ2) is 6.34. The fourth-order valence-electron chi connectivity index (χ4n) is 1.59. The lowest BCUT2D eigenvalue weighted by Crippen LogP contribution is -2.07. The van der Waals surface area contributed by atoms with Crippen LogP contribution in [0.5, 0.6) is 0 Å². The van der Waals surface area contributed by atoms with Gasteiger partial charge in [0.25, 0.3) is 0 Å². The minimum Gasteiger partial charge on any atom is -0.457 e. The molecule has 0 spiro atoms. The minimum absolute atomic E-state index is 0.0730. The van der Waals surface area contributed by atoms with Crippen LogP contribution < -0.4 is 0 Å². The standard InChI is InChI=1S/C15H13N3O2/c1-11-14(18-10-17-11)7-13(8-16)15(19)20-9-12-5-3-2-4-6-12/h2-7,10H,9H2,1H3,(H,17,18)/b13-7+. The second-order valence-corrected chi connectivity index (χ2v) is 4.14. The summed E-state index contributed by atoms with van der Waals surface area (Å²) in [5.41, 5.74) is 2.14. The van der Waals surface area contributed by atoms with Crippen molar-refractivity contribution < 1.29 is 9.53 Å². The fraction of sp³-hybridized carbons (Fsp3) is 0.133. The van der Waals surface area contributed by atoms with Gasteiger partial charge in [-0.3, -0.25) is 0 Å². The Morgan fingerprint density at radius 1 is 1.45 bits per heavy atom. The van der Waals surface area contributed by atoms with Gasteiger partial charge in [-0.1, -0.05) is 30.3 Å². The van der Waals surface area contributed by atoms with Crippen LogP contribution in [0, 0.1) is 18.3 Å². The molecule has 0 bridgehead atoms. The van der Waals surface area contributed by atoms with Gasteiger partial charge in [-0.25, -0.2) is 9.78 Å². The first-order chi connectivity index (χ1) is 9.70. The van der Waals surface area contributed by atoms with Gasteiger partial charge in [-0.05, 0) is 18.6 Å². The summed E-state index contributed by atoms with van der Waals surface area (Å²) >= 11 is 0. The van der Waals surface area contributed by atoms with E-state index in [1.54, 1.807) is 0 Å². The number of hydrogen-bond donors (Lipinski definition) is 1. The molecule has 0 aliphatic rings. The summed E-state index contributed by atoms with van der Waals surface area (Å²) in [6, 6.07) is 11.1. The summed E-state index contributed by atoms with van der Waals surface area (Å²) in [6.07, 6.45) is 2.92. The number of aryl methyl sites for hydroxylation is 1. The Bertz CT molecular complexity index is 666. The van der Waals surface area contributed by atoms with Crippen molar-refractivity contribution in [3.8, 4) is 6.07 Å². The van der Waals surface area contributed by atoms with Crippen LogP contribution in [-0.4, -0.2) is 15.9 Å². The van der Waals surface area contributed by atoms with Crippen molar-refractivity contribution in [1.29, 1.82) is 5.26 Å². The molecule has 1 heterocycles.